The van der Waals surface area contributed by atoms with Gasteiger partial charge in [0.05, 0.1) is 12.0 Å². The highest BCUT2D eigenvalue weighted by Gasteiger charge is 2.26. The highest BCUT2D eigenvalue weighted by atomic mass is 16.1. The summed E-state index contributed by atoms with van der Waals surface area (Å²) in [6, 6.07) is 2.81. The first-order valence-electron chi connectivity index (χ1n) is 6.06. The summed E-state index contributed by atoms with van der Waals surface area (Å²) in [7, 11) is 0. The van der Waals surface area contributed by atoms with Crippen molar-refractivity contribution in [1.82, 2.24) is 10.6 Å². The smallest absolute Gasteiger partial charge is 0.221 e. The van der Waals surface area contributed by atoms with E-state index in [0.717, 1.165) is 19.3 Å². The van der Waals surface area contributed by atoms with Gasteiger partial charge in [0.1, 0.15) is 0 Å². The Morgan fingerprint density at radius 1 is 1.50 bits per heavy atom. The largest absolute Gasteiger partial charge is 0.354 e. The van der Waals surface area contributed by atoms with Crippen molar-refractivity contribution in [2.45, 2.75) is 51.6 Å². The molecule has 90 valence electrons. The number of nitrogens with one attached hydrogen (secondary N) is 2. The summed E-state index contributed by atoms with van der Waals surface area (Å²) in [6.07, 6.45) is 3.66. The number of rotatable bonds is 5. The summed E-state index contributed by atoms with van der Waals surface area (Å²) in [5.41, 5.74) is 0. The Balaban J connectivity index is 2.16. The van der Waals surface area contributed by atoms with E-state index in [0.29, 0.717) is 13.0 Å². The fourth-order valence-corrected chi connectivity index (χ4v) is 2.12. The van der Waals surface area contributed by atoms with Gasteiger partial charge in [0.25, 0.3) is 0 Å². The minimum atomic E-state index is 0.0778. The second-order valence-electron chi connectivity index (χ2n) is 4.70. The number of carbonyl (C=O) groups excluding carboxylic acids is 1. The summed E-state index contributed by atoms with van der Waals surface area (Å²) < 4.78 is 0. The second-order valence-corrected chi connectivity index (χ2v) is 4.70. The van der Waals surface area contributed by atoms with Gasteiger partial charge in [0.2, 0.25) is 5.91 Å². The molecule has 0 saturated heterocycles. The van der Waals surface area contributed by atoms with Crippen molar-refractivity contribution in [2.24, 2.45) is 5.92 Å². The lowest BCUT2D eigenvalue weighted by molar-refractivity contribution is -0.121. The molecular formula is C12H21N3O. The predicted octanol–water partition coefficient (Wildman–Crippen LogP) is 1.18. The number of carbonyl (C=O) groups is 1. The van der Waals surface area contributed by atoms with Gasteiger partial charge in [-0.05, 0) is 26.7 Å². The Morgan fingerprint density at radius 2 is 2.25 bits per heavy atom. The van der Waals surface area contributed by atoms with Crippen molar-refractivity contribution in [3.63, 3.8) is 0 Å². The second kappa shape index (κ2) is 6.49. The summed E-state index contributed by atoms with van der Waals surface area (Å²) in [6.45, 7) is 4.57. The molecule has 0 heterocycles. The number of hydrogen-bond donors (Lipinski definition) is 2. The molecule has 1 rings (SSSR count). The van der Waals surface area contributed by atoms with Gasteiger partial charge >= 0.3 is 0 Å². The molecule has 2 atom stereocenters. The highest BCUT2D eigenvalue weighted by Crippen LogP contribution is 2.24. The van der Waals surface area contributed by atoms with Crippen LogP contribution in [0.4, 0.5) is 0 Å². The first-order chi connectivity index (χ1) is 7.63. The van der Waals surface area contributed by atoms with Gasteiger partial charge in [-0.15, -0.1) is 0 Å². The van der Waals surface area contributed by atoms with Gasteiger partial charge in [0, 0.05) is 25.0 Å². The van der Waals surface area contributed by atoms with E-state index in [4.69, 9.17) is 5.26 Å². The maximum Gasteiger partial charge on any atom is 0.221 e. The quantitative estimate of drug-likeness (QED) is 0.735. The average molecular weight is 223 g/mol. The van der Waals surface area contributed by atoms with Crippen LogP contribution in [0.2, 0.25) is 0 Å². The van der Waals surface area contributed by atoms with Crippen molar-refractivity contribution in [1.29, 1.82) is 5.26 Å². The van der Waals surface area contributed by atoms with Gasteiger partial charge in [-0.25, -0.2) is 0 Å². The predicted molar refractivity (Wildman–Crippen MR) is 62.6 cm³/mol. The molecule has 1 fully saturated rings. The normalized spacial score (nSPS) is 24.4. The molecule has 0 aromatic carbocycles. The summed E-state index contributed by atoms with van der Waals surface area (Å²) in [4.78, 5) is 11.4. The molecule has 0 spiro atoms. The van der Waals surface area contributed by atoms with Crippen LogP contribution in [-0.4, -0.2) is 24.5 Å². The molecule has 4 heteroatoms. The zero-order valence-electron chi connectivity index (χ0n) is 10.1. The molecule has 2 unspecified atom stereocenters. The Kier molecular flexibility index (Phi) is 5.27. The fraction of sp³-hybridized carbons (Fsp3) is 0.833. The molecule has 1 saturated carbocycles. The number of hydrogen-bond acceptors (Lipinski definition) is 3. The van der Waals surface area contributed by atoms with Crippen LogP contribution in [0.3, 0.4) is 0 Å². The number of nitrogens with zero attached hydrogens (tertiary/aromatic N) is 1. The van der Waals surface area contributed by atoms with Gasteiger partial charge < -0.3 is 10.6 Å². The van der Waals surface area contributed by atoms with Gasteiger partial charge in [-0.1, -0.05) is 6.42 Å². The first kappa shape index (κ1) is 13.0. The molecule has 2 N–H and O–H groups in total. The molecule has 16 heavy (non-hydrogen) atoms. The number of nitriles is 1. The lowest BCUT2D eigenvalue weighted by Gasteiger charge is -2.15. The molecule has 0 aliphatic heterocycles. The molecule has 4 nitrogen and oxygen atoms in total. The van der Waals surface area contributed by atoms with E-state index >= 15 is 0 Å². The lowest BCUT2D eigenvalue weighted by Crippen LogP contribution is -2.37. The van der Waals surface area contributed by atoms with Crippen molar-refractivity contribution in [3.05, 3.63) is 0 Å². The minimum Gasteiger partial charge on any atom is -0.354 e. The van der Waals surface area contributed by atoms with Crippen LogP contribution < -0.4 is 10.6 Å². The van der Waals surface area contributed by atoms with E-state index in [9.17, 15) is 4.79 Å². The van der Waals surface area contributed by atoms with Crippen molar-refractivity contribution in [3.8, 4) is 6.07 Å². The molecule has 1 aliphatic carbocycles. The van der Waals surface area contributed by atoms with E-state index in [1.807, 2.05) is 13.8 Å². The van der Waals surface area contributed by atoms with Crippen LogP contribution in [0.15, 0.2) is 0 Å². The summed E-state index contributed by atoms with van der Waals surface area (Å²) >= 11 is 0. The van der Waals surface area contributed by atoms with Crippen molar-refractivity contribution >= 4 is 5.91 Å². The van der Waals surface area contributed by atoms with Crippen LogP contribution >= 0.6 is 0 Å². The van der Waals surface area contributed by atoms with Crippen LogP contribution in [0.1, 0.15) is 39.5 Å². The molecule has 1 amide bonds. The van der Waals surface area contributed by atoms with Crippen LogP contribution in [0.25, 0.3) is 0 Å². The maximum atomic E-state index is 11.4. The van der Waals surface area contributed by atoms with E-state index in [2.05, 4.69) is 16.7 Å². The van der Waals surface area contributed by atoms with E-state index in [1.165, 1.54) is 0 Å². The third kappa shape index (κ3) is 4.19. The Morgan fingerprint density at radius 3 is 2.88 bits per heavy atom. The van der Waals surface area contributed by atoms with Gasteiger partial charge in [-0.2, -0.15) is 5.26 Å². The molecule has 0 aromatic heterocycles. The van der Waals surface area contributed by atoms with E-state index in [1.54, 1.807) is 0 Å². The van der Waals surface area contributed by atoms with Gasteiger partial charge in [0.15, 0.2) is 0 Å². The third-order valence-corrected chi connectivity index (χ3v) is 2.89. The van der Waals surface area contributed by atoms with Gasteiger partial charge in [-0.3, -0.25) is 4.79 Å². The lowest BCUT2D eigenvalue weighted by atomic mass is 10.1. The highest BCUT2D eigenvalue weighted by molar-refractivity contribution is 5.76. The van der Waals surface area contributed by atoms with E-state index in [-0.39, 0.29) is 23.9 Å². The zero-order valence-corrected chi connectivity index (χ0v) is 10.1. The molecular weight excluding hydrogens is 202 g/mol. The van der Waals surface area contributed by atoms with Crippen LogP contribution in [-0.2, 0) is 4.79 Å². The molecule has 0 bridgehead atoms. The van der Waals surface area contributed by atoms with Crippen LogP contribution in [0.5, 0.6) is 0 Å². The maximum absolute atomic E-state index is 11.4. The SMILES string of the molecule is CC(C)NC(=O)CCNC1CCCC1C#N. The van der Waals surface area contributed by atoms with E-state index < -0.39 is 0 Å². The van der Waals surface area contributed by atoms with Crippen LogP contribution in [0, 0.1) is 17.2 Å². The Hall–Kier alpha value is -1.08. The Bertz CT molecular complexity index is 270. The average Bonchev–Trinajstić information content (AvgIpc) is 2.64. The standard InChI is InChI=1S/C12H21N3O/c1-9(2)15-12(16)6-7-14-11-5-3-4-10(11)8-13/h9-11,14H,3-7H2,1-2H3,(H,15,16). The molecule has 0 radical (unpaired) electrons. The Labute approximate surface area is 97.4 Å². The summed E-state index contributed by atoms with van der Waals surface area (Å²) in [5.74, 6) is 0.210. The van der Waals surface area contributed by atoms with Crippen molar-refractivity contribution < 1.29 is 4.79 Å². The fourth-order valence-electron chi connectivity index (χ4n) is 2.12. The summed E-state index contributed by atoms with van der Waals surface area (Å²) in [5, 5.41) is 15.0. The third-order valence-electron chi connectivity index (χ3n) is 2.89. The number of amides is 1. The minimum absolute atomic E-state index is 0.0778. The molecule has 1 aliphatic rings. The monoisotopic (exact) mass is 223 g/mol. The first-order valence-corrected chi connectivity index (χ1v) is 6.06. The topological polar surface area (TPSA) is 64.9 Å². The van der Waals surface area contributed by atoms with Crippen molar-refractivity contribution in [2.75, 3.05) is 6.54 Å². The zero-order chi connectivity index (χ0) is 12.0. The molecule has 0 aromatic rings.